The first-order valence-electron chi connectivity index (χ1n) is 8.32. The molecule has 3 aromatic rings. The molecule has 0 aliphatic heterocycles. The maximum atomic E-state index is 12.3. The van der Waals surface area contributed by atoms with E-state index in [-0.39, 0.29) is 12.1 Å². The number of nitrogens with one attached hydrogen (secondary N) is 2. The summed E-state index contributed by atoms with van der Waals surface area (Å²) in [4.78, 5) is 13.4. The molecule has 0 saturated heterocycles. The summed E-state index contributed by atoms with van der Waals surface area (Å²) in [5, 5.41) is 12.4. The Balaban J connectivity index is 1.67. The molecular weight excluding hydrogens is 348 g/mol. The summed E-state index contributed by atoms with van der Waals surface area (Å²) in [5.74, 6) is 0.748. The van der Waals surface area contributed by atoms with Crippen molar-refractivity contribution >= 4 is 23.1 Å². The Morgan fingerprint density at radius 2 is 2.04 bits per heavy atom. The van der Waals surface area contributed by atoms with Crippen LogP contribution < -0.4 is 15.4 Å². The number of ether oxygens (including phenoxy) is 1. The number of carbonyl (C=O) groups excluding carboxylic acids is 1. The molecule has 3 rings (SSSR count). The van der Waals surface area contributed by atoms with Crippen molar-refractivity contribution < 1.29 is 9.53 Å². The SMILES string of the molecule is COc1ccc(NC(=O)NCC(c2cccs2)n2nc(C)cc2C)cc1. The van der Waals surface area contributed by atoms with Crippen LogP contribution in [0.1, 0.15) is 22.3 Å². The summed E-state index contributed by atoms with van der Waals surface area (Å²) in [6, 6.07) is 13.0. The molecule has 2 N–H and O–H groups in total. The lowest BCUT2D eigenvalue weighted by Crippen LogP contribution is -2.34. The van der Waals surface area contributed by atoms with Crippen molar-refractivity contribution in [2.45, 2.75) is 19.9 Å². The zero-order chi connectivity index (χ0) is 18.5. The summed E-state index contributed by atoms with van der Waals surface area (Å²) in [6.45, 7) is 4.45. The van der Waals surface area contributed by atoms with Crippen LogP contribution in [0.4, 0.5) is 10.5 Å². The van der Waals surface area contributed by atoms with E-state index in [0.29, 0.717) is 12.2 Å². The van der Waals surface area contributed by atoms with Crippen molar-refractivity contribution in [1.29, 1.82) is 0 Å². The fourth-order valence-corrected chi connectivity index (χ4v) is 3.60. The summed E-state index contributed by atoms with van der Waals surface area (Å²) in [7, 11) is 1.61. The minimum absolute atomic E-state index is 0.0367. The van der Waals surface area contributed by atoms with Crippen molar-refractivity contribution in [1.82, 2.24) is 15.1 Å². The number of anilines is 1. The van der Waals surface area contributed by atoms with Gasteiger partial charge in [-0.2, -0.15) is 5.10 Å². The molecule has 2 heterocycles. The first-order chi connectivity index (χ1) is 12.6. The van der Waals surface area contributed by atoms with E-state index in [4.69, 9.17) is 4.74 Å². The van der Waals surface area contributed by atoms with Gasteiger partial charge in [0.2, 0.25) is 0 Å². The van der Waals surface area contributed by atoms with Crippen LogP contribution in [0.15, 0.2) is 47.8 Å². The molecule has 2 aromatic heterocycles. The molecule has 1 aromatic carbocycles. The highest BCUT2D eigenvalue weighted by molar-refractivity contribution is 7.10. The molecule has 0 bridgehead atoms. The number of hydrogen-bond acceptors (Lipinski definition) is 4. The van der Waals surface area contributed by atoms with E-state index >= 15 is 0 Å². The van der Waals surface area contributed by atoms with Gasteiger partial charge in [0, 0.05) is 22.8 Å². The van der Waals surface area contributed by atoms with Gasteiger partial charge in [0.25, 0.3) is 0 Å². The maximum Gasteiger partial charge on any atom is 0.319 e. The highest BCUT2D eigenvalue weighted by Gasteiger charge is 2.19. The molecule has 2 amide bonds. The molecule has 0 fully saturated rings. The molecule has 0 aliphatic rings. The number of methoxy groups -OCH3 is 1. The molecule has 0 spiro atoms. The Hall–Kier alpha value is -2.80. The molecule has 1 unspecified atom stereocenters. The lowest BCUT2D eigenvalue weighted by atomic mass is 10.2. The summed E-state index contributed by atoms with van der Waals surface area (Å²) in [6.07, 6.45) is 0. The van der Waals surface area contributed by atoms with Crippen LogP contribution in [0, 0.1) is 13.8 Å². The van der Waals surface area contributed by atoms with Crippen LogP contribution in [0.5, 0.6) is 5.75 Å². The number of carbonyl (C=O) groups is 1. The number of aryl methyl sites for hydroxylation is 2. The molecule has 7 heteroatoms. The summed E-state index contributed by atoms with van der Waals surface area (Å²) >= 11 is 1.66. The van der Waals surface area contributed by atoms with Crippen molar-refractivity contribution in [3.63, 3.8) is 0 Å². The minimum atomic E-state index is -0.252. The van der Waals surface area contributed by atoms with E-state index in [1.54, 1.807) is 42.7 Å². The minimum Gasteiger partial charge on any atom is -0.497 e. The number of nitrogens with zero attached hydrogens (tertiary/aromatic N) is 2. The second kappa shape index (κ2) is 8.05. The van der Waals surface area contributed by atoms with E-state index in [0.717, 1.165) is 22.0 Å². The lowest BCUT2D eigenvalue weighted by Gasteiger charge is -2.19. The molecule has 26 heavy (non-hydrogen) atoms. The third-order valence-electron chi connectivity index (χ3n) is 4.02. The zero-order valence-corrected chi connectivity index (χ0v) is 15.8. The van der Waals surface area contributed by atoms with Crippen molar-refractivity contribution in [2.24, 2.45) is 0 Å². The Morgan fingerprint density at radius 1 is 1.27 bits per heavy atom. The second-order valence-corrected chi connectivity index (χ2v) is 6.95. The van der Waals surface area contributed by atoms with Crippen LogP contribution in [-0.4, -0.2) is 29.5 Å². The number of hydrogen-bond donors (Lipinski definition) is 2. The third kappa shape index (κ3) is 4.23. The molecule has 0 radical (unpaired) electrons. The molecule has 136 valence electrons. The maximum absolute atomic E-state index is 12.3. The van der Waals surface area contributed by atoms with Crippen LogP contribution >= 0.6 is 11.3 Å². The summed E-state index contributed by atoms with van der Waals surface area (Å²) < 4.78 is 7.09. The number of aromatic nitrogens is 2. The molecule has 0 aliphatic carbocycles. The van der Waals surface area contributed by atoms with E-state index in [9.17, 15) is 4.79 Å². The molecule has 1 atom stereocenters. The van der Waals surface area contributed by atoms with Crippen LogP contribution in [-0.2, 0) is 0 Å². The van der Waals surface area contributed by atoms with Gasteiger partial charge in [-0.25, -0.2) is 4.79 Å². The number of thiophene rings is 1. The van der Waals surface area contributed by atoms with Gasteiger partial charge in [-0.3, -0.25) is 4.68 Å². The second-order valence-electron chi connectivity index (χ2n) is 5.97. The fraction of sp³-hybridized carbons (Fsp3) is 0.263. The zero-order valence-electron chi connectivity index (χ0n) is 15.0. The van der Waals surface area contributed by atoms with Gasteiger partial charge in [-0.1, -0.05) is 6.07 Å². The van der Waals surface area contributed by atoms with E-state index < -0.39 is 0 Å². The smallest absolute Gasteiger partial charge is 0.319 e. The van der Waals surface area contributed by atoms with E-state index in [2.05, 4.69) is 21.8 Å². The molecular formula is C19H22N4O2S. The first-order valence-corrected chi connectivity index (χ1v) is 9.20. The van der Waals surface area contributed by atoms with Crippen molar-refractivity contribution in [2.75, 3.05) is 19.0 Å². The Kier molecular flexibility index (Phi) is 5.58. The lowest BCUT2D eigenvalue weighted by molar-refractivity contribution is 0.250. The number of amides is 2. The van der Waals surface area contributed by atoms with Gasteiger partial charge in [0.05, 0.1) is 12.8 Å². The number of urea groups is 1. The van der Waals surface area contributed by atoms with Crippen molar-refractivity contribution in [3.05, 3.63) is 64.1 Å². The summed E-state index contributed by atoms with van der Waals surface area (Å²) in [5.41, 5.74) is 2.74. The largest absolute Gasteiger partial charge is 0.497 e. The average molecular weight is 370 g/mol. The van der Waals surface area contributed by atoms with Gasteiger partial charge in [-0.05, 0) is 55.6 Å². The number of rotatable bonds is 6. The van der Waals surface area contributed by atoms with Gasteiger partial charge < -0.3 is 15.4 Å². The topological polar surface area (TPSA) is 68.2 Å². The van der Waals surface area contributed by atoms with Gasteiger partial charge in [-0.15, -0.1) is 11.3 Å². The molecule has 0 saturated carbocycles. The van der Waals surface area contributed by atoms with Gasteiger partial charge in [0.15, 0.2) is 0 Å². The predicted octanol–water partition coefficient (Wildman–Crippen LogP) is 3.98. The standard InChI is InChI=1S/C19H22N4O2S/c1-13-11-14(2)23(22-13)17(18-5-4-10-26-18)12-20-19(24)21-15-6-8-16(25-3)9-7-15/h4-11,17H,12H2,1-3H3,(H2,20,21,24). The first kappa shape index (κ1) is 18.0. The van der Waals surface area contributed by atoms with Crippen LogP contribution in [0.25, 0.3) is 0 Å². The quantitative estimate of drug-likeness (QED) is 0.690. The molecule has 6 nitrogen and oxygen atoms in total. The predicted molar refractivity (Wildman–Crippen MR) is 104 cm³/mol. The van der Waals surface area contributed by atoms with Crippen LogP contribution in [0.2, 0.25) is 0 Å². The normalized spacial score (nSPS) is 11.8. The van der Waals surface area contributed by atoms with Gasteiger partial charge >= 0.3 is 6.03 Å². The Labute approximate surface area is 156 Å². The highest BCUT2D eigenvalue weighted by Crippen LogP contribution is 2.24. The highest BCUT2D eigenvalue weighted by atomic mass is 32.1. The average Bonchev–Trinajstić information content (AvgIpc) is 3.26. The van der Waals surface area contributed by atoms with E-state index in [1.165, 1.54) is 0 Å². The van der Waals surface area contributed by atoms with Crippen LogP contribution in [0.3, 0.4) is 0 Å². The monoisotopic (exact) mass is 370 g/mol. The third-order valence-corrected chi connectivity index (χ3v) is 4.99. The Bertz CT molecular complexity index is 856. The number of benzene rings is 1. The fourth-order valence-electron chi connectivity index (χ4n) is 2.79. The van der Waals surface area contributed by atoms with E-state index in [1.807, 2.05) is 36.0 Å². The Morgan fingerprint density at radius 3 is 2.62 bits per heavy atom. The van der Waals surface area contributed by atoms with Crippen molar-refractivity contribution in [3.8, 4) is 5.75 Å². The van der Waals surface area contributed by atoms with Gasteiger partial charge in [0.1, 0.15) is 11.8 Å².